The summed E-state index contributed by atoms with van der Waals surface area (Å²) < 4.78 is 16.1. The lowest BCUT2D eigenvalue weighted by atomic mass is 9.98. The molecule has 0 unspecified atom stereocenters. The number of hydrogen-bond acceptors (Lipinski definition) is 3. The molecule has 0 spiro atoms. The Balaban J connectivity index is 1.75. The van der Waals surface area contributed by atoms with Gasteiger partial charge in [-0.2, -0.15) is 0 Å². The number of thiophene rings is 1. The second-order valence-corrected chi connectivity index (χ2v) is 10.2. The Morgan fingerprint density at radius 2 is 1.45 bits per heavy atom. The predicted octanol–water partition coefficient (Wildman–Crippen LogP) is 8.35. The smallest absolute Gasteiger partial charge is 0.120 e. The van der Waals surface area contributed by atoms with Crippen molar-refractivity contribution in [2.45, 2.75) is 19.8 Å². The maximum absolute atomic E-state index is 5.51. The summed E-state index contributed by atoms with van der Waals surface area (Å²) in [6.07, 6.45) is 0. The Kier molecular flexibility index (Phi) is 3.76. The summed E-state index contributed by atoms with van der Waals surface area (Å²) in [5.74, 6) is 2.25. The molecule has 3 nitrogen and oxygen atoms in total. The molecule has 7 rings (SSSR count). The van der Waals surface area contributed by atoms with E-state index in [1.54, 1.807) is 14.2 Å². The van der Waals surface area contributed by atoms with E-state index in [0.29, 0.717) is 5.92 Å². The number of nitrogens with zero attached hydrogens (tertiary/aromatic N) is 1. The van der Waals surface area contributed by atoms with Gasteiger partial charge in [-0.25, -0.2) is 0 Å². The molecule has 0 N–H and O–H groups in total. The summed E-state index contributed by atoms with van der Waals surface area (Å²) in [5.41, 5.74) is 5.27. The first-order chi connectivity index (χ1) is 16.1. The third-order valence-corrected chi connectivity index (χ3v) is 8.23. The van der Waals surface area contributed by atoms with Gasteiger partial charge < -0.3 is 13.9 Å². The van der Waals surface area contributed by atoms with Crippen molar-refractivity contribution in [1.29, 1.82) is 0 Å². The highest BCUT2D eigenvalue weighted by Crippen LogP contribution is 2.47. The van der Waals surface area contributed by atoms with Gasteiger partial charge in [0.15, 0.2) is 0 Å². The van der Waals surface area contributed by atoms with E-state index in [1.807, 2.05) is 17.4 Å². The van der Waals surface area contributed by atoms with E-state index in [2.05, 4.69) is 72.8 Å². The van der Waals surface area contributed by atoms with Crippen LogP contribution in [-0.2, 0) is 0 Å². The molecule has 0 fully saturated rings. The number of ether oxygens (including phenoxy) is 2. The first kappa shape index (κ1) is 19.0. The van der Waals surface area contributed by atoms with Crippen LogP contribution in [0.25, 0.3) is 58.3 Å². The van der Waals surface area contributed by atoms with Crippen LogP contribution in [0.15, 0.2) is 60.7 Å². The molecule has 0 saturated heterocycles. The van der Waals surface area contributed by atoms with Gasteiger partial charge in [0, 0.05) is 26.2 Å². The Morgan fingerprint density at radius 3 is 2.24 bits per heavy atom. The van der Waals surface area contributed by atoms with Crippen LogP contribution in [0, 0.1) is 0 Å². The molecule has 0 aliphatic rings. The van der Waals surface area contributed by atoms with E-state index in [1.165, 1.54) is 63.8 Å². The molecule has 162 valence electrons. The number of benzene rings is 4. The Bertz CT molecular complexity index is 1870. The van der Waals surface area contributed by atoms with Gasteiger partial charge in [0.1, 0.15) is 11.5 Å². The van der Waals surface area contributed by atoms with Crippen LogP contribution in [-0.4, -0.2) is 18.6 Å². The zero-order valence-corrected chi connectivity index (χ0v) is 19.8. The van der Waals surface area contributed by atoms with Gasteiger partial charge in [-0.05, 0) is 76.9 Å². The molecule has 0 amide bonds. The normalized spacial score (nSPS) is 12.5. The van der Waals surface area contributed by atoms with Crippen molar-refractivity contribution in [2.24, 2.45) is 0 Å². The van der Waals surface area contributed by atoms with Crippen LogP contribution in [0.4, 0.5) is 0 Å². The molecule has 7 aromatic rings. The van der Waals surface area contributed by atoms with E-state index in [0.717, 1.165) is 11.5 Å². The Hall–Kier alpha value is -3.50. The molecule has 3 aromatic heterocycles. The van der Waals surface area contributed by atoms with Gasteiger partial charge in [-0.1, -0.05) is 19.9 Å². The van der Waals surface area contributed by atoms with E-state index >= 15 is 0 Å². The second kappa shape index (κ2) is 6.52. The molecule has 4 aromatic carbocycles. The fourth-order valence-corrected chi connectivity index (χ4v) is 6.58. The molecule has 3 heterocycles. The molecular formula is C29H23NO2S. The van der Waals surface area contributed by atoms with Crippen LogP contribution in [0.5, 0.6) is 11.5 Å². The fraction of sp³-hybridized carbons (Fsp3) is 0.172. The highest BCUT2D eigenvalue weighted by Gasteiger charge is 2.23. The monoisotopic (exact) mass is 449 g/mol. The summed E-state index contributed by atoms with van der Waals surface area (Å²) in [6.45, 7) is 4.56. The molecule has 0 saturated carbocycles. The zero-order valence-electron chi connectivity index (χ0n) is 19.0. The van der Waals surface area contributed by atoms with Crippen LogP contribution < -0.4 is 9.47 Å². The van der Waals surface area contributed by atoms with Crippen molar-refractivity contribution < 1.29 is 9.47 Å². The standard InChI is InChI=1S/C29H23NO2S/c1-15(2)17-11-23-22-10-16-5-6-19(31-3)9-18(16)13-25(22)30-27(23)24(12-17)29-28(30)21-8-7-20(32-4)14-26(21)33-29/h5-15H,1-4H3. The number of rotatable bonds is 3. The lowest BCUT2D eigenvalue weighted by molar-refractivity contribution is 0.415. The van der Waals surface area contributed by atoms with E-state index < -0.39 is 0 Å². The third-order valence-electron chi connectivity index (χ3n) is 7.05. The number of methoxy groups -OCH3 is 2. The fourth-order valence-electron chi connectivity index (χ4n) is 5.35. The largest absolute Gasteiger partial charge is 0.497 e. The molecule has 0 aliphatic carbocycles. The van der Waals surface area contributed by atoms with Gasteiger partial charge >= 0.3 is 0 Å². The number of aromatic nitrogens is 1. The molecule has 0 aliphatic heterocycles. The summed E-state index contributed by atoms with van der Waals surface area (Å²) in [6, 6.07) is 22.3. The highest BCUT2D eigenvalue weighted by atomic mass is 32.1. The Morgan fingerprint density at radius 1 is 0.697 bits per heavy atom. The van der Waals surface area contributed by atoms with E-state index in [4.69, 9.17) is 9.47 Å². The average molecular weight is 450 g/mol. The van der Waals surface area contributed by atoms with Crippen molar-refractivity contribution in [1.82, 2.24) is 4.40 Å². The first-order valence-electron chi connectivity index (χ1n) is 11.3. The molecule has 0 radical (unpaired) electrons. The van der Waals surface area contributed by atoms with Crippen LogP contribution in [0.2, 0.25) is 0 Å². The van der Waals surface area contributed by atoms with Gasteiger partial charge in [0.25, 0.3) is 0 Å². The topological polar surface area (TPSA) is 22.9 Å². The van der Waals surface area contributed by atoms with Gasteiger partial charge in [0.2, 0.25) is 0 Å². The van der Waals surface area contributed by atoms with E-state index in [9.17, 15) is 0 Å². The predicted molar refractivity (Wildman–Crippen MR) is 141 cm³/mol. The number of fused-ring (bicyclic) bond motifs is 9. The molecular weight excluding hydrogens is 426 g/mol. The summed E-state index contributed by atoms with van der Waals surface area (Å²) >= 11 is 1.87. The lowest BCUT2D eigenvalue weighted by Crippen LogP contribution is -1.86. The number of hydrogen-bond donors (Lipinski definition) is 0. The van der Waals surface area contributed by atoms with Gasteiger partial charge in [-0.15, -0.1) is 11.3 Å². The highest BCUT2D eigenvalue weighted by molar-refractivity contribution is 7.26. The van der Waals surface area contributed by atoms with Crippen LogP contribution >= 0.6 is 11.3 Å². The van der Waals surface area contributed by atoms with Crippen molar-refractivity contribution >= 4 is 69.6 Å². The van der Waals surface area contributed by atoms with E-state index in [-0.39, 0.29) is 0 Å². The molecule has 0 atom stereocenters. The maximum Gasteiger partial charge on any atom is 0.120 e. The van der Waals surface area contributed by atoms with Crippen molar-refractivity contribution in [3.05, 3.63) is 66.2 Å². The minimum atomic E-state index is 0.465. The third kappa shape index (κ3) is 2.44. The Labute approximate surface area is 195 Å². The molecule has 4 heteroatoms. The zero-order chi connectivity index (χ0) is 22.4. The quantitative estimate of drug-likeness (QED) is 0.270. The average Bonchev–Trinajstić information content (AvgIpc) is 3.46. The summed E-state index contributed by atoms with van der Waals surface area (Å²) in [5, 5.41) is 7.71. The van der Waals surface area contributed by atoms with Crippen molar-refractivity contribution in [3.8, 4) is 11.5 Å². The summed E-state index contributed by atoms with van der Waals surface area (Å²) in [7, 11) is 3.46. The minimum absolute atomic E-state index is 0.465. The second-order valence-electron chi connectivity index (χ2n) is 9.18. The van der Waals surface area contributed by atoms with Crippen molar-refractivity contribution in [2.75, 3.05) is 14.2 Å². The SMILES string of the molecule is COc1ccc2cc3c4cc(C(C)C)cc5c6sc7cc(OC)ccc7c6n(c3cc2c1)c45. The first-order valence-corrected chi connectivity index (χ1v) is 12.1. The van der Waals surface area contributed by atoms with Gasteiger partial charge in [0.05, 0.1) is 35.5 Å². The maximum atomic E-state index is 5.51. The molecule has 33 heavy (non-hydrogen) atoms. The van der Waals surface area contributed by atoms with Crippen molar-refractivity contribution in [3.63, 3.8) is 0 Å². The van der Waals surface area contributed by atoms with Crippen LogP contribution in [0.3, 0.4) is 0 Å². The van der Waals surface area contributed by atoms with Crippen LogP contribution in [0.1, 0.15) is 25.3 Å². The lowest BCUT2D eigenvalue weighted by Gasteiger charge is -2.06. The molecule has 0 bridgehead atoms. The summed E-state index contributed by atoms with van der Waals surface area (Å²) in [4.78, 5) is 0. The van der Waals surface area contributed by atoms with Gasteiger partial charge in [-0.3, -0.25) is 0 Å². The minimum Gasteiger partial charge on any atom is -0.497 e.